The molecule has 1 fully saturated rings. The number of aromatic nitrogens is 3. The van der Waals surface area contributed by atoms with E-state index >= 15 is 0 Å². The normalized spacial score (nSPS) is 19.9. The Morgan fingerprint density at radius 1 is 1.42 bits per heavy atom. The Hall–Kier alpha value is -1.77. The van der Waals surface area contributed by atoms with Crippen molar-refractivity contribution in [2.45, 2.75) is 12.3 Å². The van der Waals surface area contributed by atoms with Crippen molar-refractivity contribution in [3.05, 3.63) is 34.7 Å². The van der Waals surface area contributed by atoms with Crippen LogP contribution in [0.4, 0.5) is 14.5 Å². The van der Waals surface area contributed by atoms with Gasteiger partial charge in [0, 0.05) is 6.20 Å². The molecule has 0 spiro atoms. The summed E-state index contributed by atoms with van der Waals surface area (Å²) in [4.78, 5) is 16.2. The molecule has 0 saturated carbocycles. The summed E-state index contributed by atoms with van der Waals surface area (Å²) in [6.45, 7) is -0.133. The van der Waals surface area contributed by atoms with Gasteiger partial charge in [0.1, 0.15) is 5.92 Å². The van der Waals surface area contributed by atoms with Gasteiger partial charge in [-0.1, -0.05) is 23.2 Å². The van der Waals surface area contributed by atoms with Crippen molar-refractivity contribution in [1.29, 1.82) is 0 Å². The Morgan fingerprint density at radius 2 is 2.21 bits per heavy atom. The summed E-state index contributed by atoms with van der Waals surface area (Å²) in [7, 11) is 0. The Bertz CT molecular complexity index is 767. The zero-order valence-corrected chi connectivity index (χ0v) is 13.8. The fourth-order valence-electron chi connectivity index (χ4n) is 2.47. The first-order chi connectivity index (χ1) is 11.4. The van der Waals surface area contributed by atoms with E-state index in [-0.39, 0.29) is 17.1 Å². The smallest absolute Gasteiger partial charge is 0.271 e. The van der Waals surface area contributed by atoms with Gasteiger partial charge in [-0.15, -0.1) is 0 Å². The SMILES string of the molecule is O=C(Nc1cnn(-c2ncc(Cl)cc2Cl)c1)C1CCNCC1(F)F. The van der Waals surface area contributed by atoms with Crippen LogP contribution >= 0.6 is 23.2 Å². The number of carbonyl (C=O) groups excluding carboxylic acids is 1. The van der Waals surface area contributed by atoms with Crippen LogP contribution in [-0.2, 0) is 4.79 Å². The number of piperidine rings is 1. The summed E-state index contributed by atoms with van der Waals surface area (Å²) in [6.07, 6.45) is 4.25. The Labute approximate surface area is 146 Å². The molecule has 0 radical (unpaired) electrons. The minimum Gasteiger partial charge on any atom is -0.323 e. The number of anilines is 1. The fourth-order valence-corrected chi connectivity index (χ4v) is 2.93. The Kier molecular flexibility index (Phi) is 4.71. The minimum atomic E-state index is -3.08. The van der Waals surface area contributed by atoms with E-state index in [2.05, 4.69) is 20.7 Å². The third-order valence-corrected chi connectivity index (χ3v) is 4.14. The maximum atomic E-state index is 13.8. The lowest BCUT2D eigenvalue weighted by Crippen LogP contribution is -2.50. The summed E-state index contributed by atoms with van der Waals surface area (Å²) in [6, 6.07) is 1.50. The molecule has 1 unspecified atom stereocenters. The number of amides is 1. The van der Waals surface area contributed by atoms with Gasteiger partial charge in [0.05, 0.1) is 34.7 Å². The topological polar surface area (TPSA) is 71.8 Å². The first-order valence-electron chi connectivity index (χ1n) is 7.12. The van der Waals surface area contributed by atoms with E-state index in [4.69, 9.17) is 23.2 Å². The van der Waals surface area contributed by atoms with Crippen molar-refractivity contribution >= 4 is 34.8 Å². The molecule has 2 N–H and O–H groups in total. The van der Waals surface area contributed by atoms with E-state index in [1.54, 1.807) is 0 Å². The molecule has 6 nitrogen and oxygen atoms in total. The number of halogens is 4. The van der Waals surface area contributed by atoms with E-state index in [0.717, 1.165) is 0 Å². The number of pyridine rings is 1. The van der Waals surface area contributed by atoms with Gasteiger partial charge < -0.3 is 10.6 Å². The highest BCUT2D eigenvalue weighted by Gasteiger charge is 2.45. The molecule has 128 valence electrons. The van der Waals surface area contributed by atoms with Gasteiger partial charge >= 0.3 is 0 Å². The third kappa shape index (κ3) is 3.50. The second-order valence-corrected chi connectivity index (χ2v) is 6.24. The molecule has 24 heavy (non-hydrogen) atoms. The molecule has 2 aromatic heterocycles. The van der Waals surface area contributed by atoms with Gasteiger partial charge in [-0.2, -0.15) is 5.10 Å². The number of hydrogen-bond donors (Lipinski definition) is 2. The second-order valence-electron chi connectivity index (χ2n) is 5.40. The largest absolute Gasteiger partial charge is 0.323 e. The molecule has 3 rings (SSSR count). The summed E-state index contributed by atoms with van der Waals surface area (Å²) >= 11 is 11.8. The molecule has 0 bridgehead atoms. The van der Waals surface area contributed by atoms with Crippen molar-refractivity contribution in [3.8, 4) is 5.82 Å². The van der Waals surface area contributed by atoms with Crippen molar-refractivity contribution < 1.29 is 13.6 Å². The van der Waals surface area contributed by atoms with Crippen LogP contribution in [-0.4, -0.2) is 39.7 Å². The summed E-state index contributed by atoms with van der Waals surface area (Å²) in [5.41, 5.74) is 0.280. The molecule has 1 amide bonds. The number of hydrogen-bond acceptors (Lipinski definition) is 4. The monoisotopic (exact) mass is 375 g/mol. The molecule has 1 aliphatic heterocycles. The van der Waals surface area contributed by atoms with Crippen LogP contribution in [0.2, 0.25) is 10.0 Å². The number of rotatable bonds is 3. The maximum absolute atomic E-state index is 13.8. The predicted octanol–water partition coefficient (Wildman–Crippen LogP) is 2.76. The standard InChI is InChI=1S/C14H13Cl2F2N5O/c15-8-3-11(16)12(20-4-8)23-6-9(5-21-23)22-13(24)10-1-2-19-7-14(10,17)18/h3-6,10,19H,1-2,7H2,(H,22,24). The van der Waals surface area contributed by atoms with Crippen LogP contribution in [0.25, 0.3) is 5.82 Å². The van der Waals surface area contributed by atoms with Crippen molar-refractivity contribution in [2.24, 2.45) is 5.92 Å². The number of alkyl halides is 2. The Morgan fingerprint density at radius 3 is 2.92 bits per heavy atom. The van der Waals surface area contributed by atoms with Crippen molar-refractivity contribution in [3.63, 3.8) is 0 Å². The number of nitrogens with one attached hydrogen (secondary N) is 2. The highest BCUT2D eigenvalue weighted by atomic mass is 35.5. The first-order valence-corrected chi connectivity index (χ1v) is 7.88. The fraction of sp³-hybridized carbons (Fsp3) is 0.357. The molecule has 0 aliphatic carbocycles. The summed E-state index contributed by atoms with van der Waals surface area (Å²) < 4.78 is 28.9. The molecule has 1 atom stereocenters. The average Bonchev–Trinajstić information content (AvgIpc) is 2.94. The van der Waals surface area contributed by atoms with Gasteiger partial charge in [0.15, 0.2) is 5.82 Å². The predicted molar refractivity (Wildman–Crippen MR) is 85.9 cm³/mol. The molecule has 0 aromatic carbocycles. The molecular weight excluding hydrogens is 363 g/mol. The van der Waals surface area contributed by atoms with Crippen molar-refractivity contribution in [1.82, 2.24) is 20.1 Å². The van der Waals surface area contributed by atoms with Crippen LogP contribution in [0.5, 0.6) is 0 Å². The lowest BCUT2D eigenvalue weighted by molar-refractivity contribution is -0.137. The maximum Gasteiger partial charge on any atom is 0.271 e. The van der Waals surface area contributed by atoms with E-state index < -0.39 is 24.3 Å². The lowest BCUT2D eigenvalue weighted by atomic mass is 9.93. The van der Waals surface area contributed by atoms with Crippen LogP contribution < -0.4 is 10.6 Å². The number of carbonyl (C=O) groups is 1. The van der Waals surface area contributed by atoms with Gasteiger partial charge in [0.2, 0.25) is 5.91 Å². The molecule has 1 aliphatic rings. The van der Waals surface area contributed by atoms with Crippen molar-refractivity contribution in [2.75, 3.05) is 18.4 Å². The average molecular weight is 376 g/mol. The highest BCUT2D eigenvalue weighted by molar-refractivity contribution is 6.35. The van der Waals surface area contributed by atoms with E-state index in [0.29, 0.717) is 17.4 Å². The van der Waals surface area contributed by atoms with Gasteiger partial charge in [-0.25, -0.2) is 18.4 Å². The lowest BCUT2D eigenvalue weighted by Gasteiger charge is -2.30. The van der Waals surface area contributed by atoms with Crippen LogP contribution in [0.15, 0.2) is 24.7 Å². The molecule has 2 aromatic rings. The van der Waals surface area contributed by atoms with Gasteiger partial charge in [-0.05, 0) is 19.0 Å². The molecule has 1 saturated heterocycles. The Balaban J connectivity index is 1.75. The zero-order valence-electron chi connectivity index (χ0n) is 12.3. The summed E-state index contributed by atoms with van der Waals surface area (Å²) in [5.74, 6) is -4.89. The molecular formula is C14H13Cl2F2N5O. The third-order valence-electron chi connectivity index (χ3n) is 3.65. The van der Waals surface area contributed by atoms with Gasteiger partial charge in [0.25, 0.3) is 5.92 Å². The molecule has 3 heterocycles. The molecule has 10 heteroatoms. The highest BCUT2D eigenvalue weighted by Crippen LogP contribution is 2.30. The van der Waals surface area contributed by atoms with Gasteiger partial charge in [-0.3, -0.25) is 4.79 Å². The zero-order chi connectivity index (χ0) is 17.3. The minimum absolute atomic E-state index is 0.0670. The van der Waals surface area contributed by atoms with Crippen LogP contribution in [0, 0.1) is 5.92 Å². The van der Waals surface area contributed by atoms with E-state index in [9.17, 15) is 13.6 Å². The first kappa shape index (κ1) is 17.1. The number of nitrogens with zero attached hydrogens (tertiary/aromatic N) is 3. The van der Waals surface area contributed by atoms with E-state index in [1.807, 2.05) is 0 Å². The van der Waals surface area contributed by atoms with Crippen LogP contribution in [0.3, 0.4) is 0 Å². The summed E-state index contributed by atoms with van der Waals surface area (Å²) in [5, 5.41) is 9.71. The quantitative estimate of drug-likeness (QED) is 0.864. The van der Waals surface area contributed by atoms with E-state index in [1.165, 1.54) is 29.3 Å². The second kappa shape index (κ2) is 6.62. The van der Waals surface area contributed by atoms with Crippen LogP contribution in [0.1, 0.15) is 6.42 Å².